The molecule has 0 fully saturated rings. The fourth-order valence-electron chi connectivity index (χ4n) is 1.99. The van der Waals surface area contributed by atoms with E-state index in [1.807, 2.05) is 29.8 Å². The Kier molecular flexibility index (Phi) is 4.29. The summed E-state index contributed by atoms with van der Waals surface area (Å²) in [4.78, 5) is 6.14. The molecule has 102 valence electrons. The summed E-state index contributed by atoms with van der Waals surface area (Å²) in [5.41, 5.74) is 0.328. The summed E-state index contributed by atoms with van der Waals surface area (Å²) in [6.07, 6.45) is 2.76. The van der Waals surface area contributed by atoms with Crippen molar-refractivity contribution in [1.29, 1.82) is 0 Å². The first-order valence-electron chi connectivity index (χ1n) is 6.15. The third kappa shape index (κ3) is 3.39. The van der Waals surface area contributed by atoms with Gasteiger partial charge in [-0.3, -0.25) is 4.90 Å². The molecule has 2 aromatic rings. The van der Waals surface area contributed by atoms with Crippen molar-refractivity contribution in [2.75, 3.05) is 13.6 Å². The summed E-state index contributed by atoms with van der Waals surface area (Å²) in [5.74, 6) is 0.531. The Balaban J connectivity index is 1.97. The first-order valence-corrected chi connectivity index (χ1v) is 6.15. The molecule has 0 aliphatic rings. The number of nitrogens with zero attached hydrogens (tertiary/aromatic N) is 3. The van der Waals surface area contributed by atoms with Gasteiger partial charge in [0.05, 0.1) is 12.6 Å². The average molecular weight is 263 g/mol. The molecule has 0 amide bonds. The molecule has 1 heterocycles. The minimum absolute atomic E-state index is 0.328. The van der Waals surface area contributed by atoms with Crippen molar-refractivity contribution in [3.8, 4) is 0 Å². The van der Waals surface area contributed by atoms with E-state index in [0.29, 0.717) is 18.7 Å². The molecule has 0 saturated heterocycles. The van der Waals surface area contributed by atoms with Crippen LogP contribution < -0.4 is 0 Å². The van der Waals surface area contributed by atoms with Crippen LogP contribution in [0.4, 0.5) is 4.39 Å². The van der Waals surface area contributed by atoms with Crippen molar-refractivity contribution in [2.24, 2.45) is 7.05 Å². The van der Waals surface area contributed by atoms with Gasteiger partial charge in [-0.2, -0.15) is 0 Å². The highest BCUT2D eigenvalue weighted by molar-refractivity contribution is 5.20. The minimum Gasteiger partial charge on any atom is -0.387 e. The van der Waals surface area contributed by atoms with E-state index in [4.69, 9.17) is 0 Å². The molecule has 0 aliphatic heterocycles. The van der Waals surface area contributed by atoms with Crippen LogP contribution in [0, 0.1) is 5.82 Å². The first kappa shape index (κ1) is 13.7. The second-order valence-electron chi connectivity index (χ2n) is 4.69. The predicted octanol–water partition coefficient (Wildman–Crippen LogP) is 1.72. The van der Waals surface area contributed by atoms with Gasteiger partial charge < -0.3 is 9.67 Å². The molecule has 19 heavy (non-hydrogen) atoms. The molecule has 1 aromatic heterocycles. The Labute approximate surface area is 112 Å². The molecular formula is C14H18FN3O. The highest BCUT2D eigenvalue weighted by Gasteiger charge is 2.15. The van der Waals surface area contributed by atoms with Crippen LogP contribution in [0.15, 0.2) is 36.7 Å². The van der Waals surface area contributed by atoms with E-state index in [9.17, 15) is 9.50 Å². The SMILES string of the molecule is CN(Cc1nccn1C)CC(O)c1ccccc1F. The van der Waals surface area contributed by atoms with Gasteiger partial charge in [0.1, 0.15) is 11.6 Å². The standard InChI is InChI=1S/C14H18FN3O/c1-17(10-14-16-7-8-18(14)2)9-13(19)11-5-3-4-6-12(11)15/h3-8,13,19H,9-10H2,1-2H3. The number of aliphatic hydroxyl groups is 1. The molecule has 4 nitrogen and oxygen atoms in total. The van der Waals surface area contributed by atoms with E-state index in [1.165, 1.54) is 6.07 Å². The zero-order valence-electron chi connectivity index (χ0n) is 11.1. The van der Waals surface area contributed by atoms with Crippen LogP contribution in [-0.2, 0) is 13.6 Å². The van der Waals surface area contributed by atoms with E-state index in [2.05, 4.69) is 4.98 Å². The molecule has 2 rings (SSSR count). The molecule has 0 aliphatic carbocycles. The predicted molar refractivity (Wildman–Crippen MR) is 70.9 cm³/mol. The lowest BCUT2D eigenvalue weighted by Gasteiger charge is -2.20. The maximum absolute atomic E-state index is 13.5. The van der Waals surface area contributed by atoms with E-state index >= 15 is 0 Å². The second-order valence-corrected chi connectivity index (χ2v) is 4.69. The largest absolute Gasteiger partial charge is 0.387 e. The fourth-order valence-corrected chi connectivity index (χ4v) is 1.99. The average Bonchev–Trinajstić information content (AvgIpc) is 2.75. The van der Waals surface area contributed by atoms with Gasteiger partial charge in [-0.1, -0.05) is 18.2 Å². The number of hydrogen-bond donors (Lipinski definition) is 1. The highest BCUT2D eigenvalue weighted by atomic mass is 19.1. The number of benzene rings is 1. The van der Waals surface area contributed by atoms with Crippen LogP contribution in [0.1, 0.15) is 17.5 Å². The number of aryl methyl sites for hydroxylation is 1. The van der Waals surface area contributed by atoms with Crippen LogP contribution in [0.25, 0.3) is 0 Å². The summed E-state index contributed by atoms with van der Waals surface area (Å²) >= 11 is 0. The molecular weight excluding hydrogens is 245 g/mol. The summed E-state index contributed by atoms with van der Waals surface area (Å²) in [6.45, 7) is 0.961. The monoisotopic (exact) mass is 263 g/mol. The van der Waals surface area contributed by atoms with Gasteiger partial charge in [-0.25, -0.2) is 9.37 Å². The smallest absolute Gasteiger partial charge is 0.129 e. The first-order chi connectivity index (χ1) is 9.08. The van der Waals surface area contributed by atoms with Crippen molar-refractivity contribution >= 4 is 0 Å². The third-order valence-electron chi connectivity index (χ3n) is 3.08. The van der Waals surface area contributed by atoms with Crippen LogP contribution in [0.3, 0.4) is 0 Å². The van der Waals surface area contributed by atoms with Crippen LogP contribution in [-0.4, -0.2) is 33.1 Å². The Bertz CT molecular complexity index is 541. The van der Waals surface area contributed by atoms with Gasteiger partial charge in [0.15, 0.2) is 0 Å². The van der Waals surface area contributed by atoms with Crippen LogP contribution in [0.2, 0.25) is 0 Å². The van der Waals surface area contributed by atoms with Crippen LogP contribution >= 0.6 is 0 Å². The quantitative estimate of drug-likeness (QED) is 0.893. The number of likely N-dealkylation sites (N-methyl/N-ethyl adjacent to an activating group) is 1. The zero-order valence-corrected chi connectivity index (χ0v) is 11.1. The van der Waals surface area contributed by atoms with Crippen molar-refractivity contribution in [1.82, 2.24) is 14.5 Å². The summed E-state index contributed by atoms with van der Waals surface area (Å²) in [7, 11) is 3.79. The number of aromatic nitrogens is 2. The lowest BCUT2D eigenvalue weighted by atomic mass is 10.1. The third-order valence-corrected chi connectivity index (χ3v) is 3.08. The van der Waals surface area contributed by atoms with E-state index in [-0.39, 0.29) is 5.82 Å². The number of halogens is 1. The Hall–Kier alpha value is -1.72. The summed E-state index contributed by atoms with van der Waals surface area (Å²) < 4.78 is 15.5. The van der Waals surface area contributed by atoms with Gasteiger partial charge in [-0.15, -0.1) is 0 Å². The minimum atomic E-state index is -0.841. The normalized spacial score (nSPS) is 12.9. The Morgan fingerprint density at radius 1 is 1.42 bits per heavy atom. The number of aliphatic hydroxyl groups excluding tert-OH is 1. The topological polar surface area (TPSA) is 41.3 Å². The van der Waals surface area contributed by atoms with Crippen molar-refractivity contribution in [3.05, 3.63) is 53.9 Å². The van der Waals surface area contributed by atoms with Crippen LogP contribution in [0.5, 0.6) is 0 Å². The number of rotatable bonds is 5. The Morgan fingerprint density at radius 3 is 2.79 bits per heavy atom. The molecule has 0 radical (unpaired) electrons. The molecule has 1 unspecified atom stereocenters. The Morgan fingerprint density at radius 2 is 2.16 bits per heavy atom. The van der Waals surface area contributed by atoms with Gasteiger partial charge in [0.2, 0.25) is 0 Å². The zero-order chi connectivity index (χ0) is 13.8. The molecule has 1 atom stereocenters. The molecule has 1 aromatic carbocycles. The van der Waals surface area contributed by atoms with Gasteiger partial charge >= 0.3 is 0 Å². The second kappa shape index (κ2) is 5.95. The fraction of sp³-hybridized carbons (Fsp3) is 0.357. The van der Waals surface area contributed by atoms with E-state index < -0.39 is 6.10 Å². The lowest BCUT2D eigenvalue weighted by Crippen LogP contribution is -2.26. The van der Waals surface area contributed by atoms with Gasteiger partial charge in [-0.05, 0) is 13.1 Å². The van der Waals surface area contributed by atoms with E-state index in [1.54, 1.807) is 24.4 Å². The summed E-state index contributed by atoms with van der Waals surface area (Å²) in [6, 6.07) is 6.30. The van der Waals surface area contributed by atoms with E-state index in [0.717, 1.165) is 5.82 Å². The van der Waals surface area contributed by atoms with Gasteiger partial charge in [0, 0.05) is 31.5 Å². The maximum atomic E-state index is 13.5. The molecule has 0 bridgehead atoms. The van der Waals surface area contributed by atoms with Crippen molar-refractivity contribution < 1.29 is 9.50 Å². The molecule has 1 N–H and O–H groups in total. The highest BCUT2D eigenvalue weighted by Crippen LogP contribution is 2.17. The van der Waals surface area contributed by atoms with Crippen molar-refractivity contribution in [2.45, 2.75) is 12.6 Å². The summed E-state index contributed by atoms with van der Waals surface area (Å²) in [5, 5.41) is 10.1. The molecule has 0 saturated carbocycles. The lowest BCUT2D eigenvalue weighted by molar-refractivity contribution is 0.119. The van der Waals surface area contributed by atoms with Crippen molar-refractivity contribution in [3.63, 3.8) is 0 Å². The van der Waals surface area contributed by atoms with Gasteiger partial charge in [0.25, 0.3) is 0 Å². The maximum Gasteiger partial charge on any atom is 0.129 e. The molecule has 0 spiro atoms. The number of imidazole rings is 1. The number of hydrogen-bond acceptors (Lipinski definition) is 3. The molecule has 5 heteroatoms.